The van der Waals surface area contributed by atoms with E-state index in [0.717, 1.165) is 30.9 Å². The predicted molar refractivity (Wildman–Crippen MR) is 122 cm³/mol. The normalized spacial score (nSPS) is 17.2. The molecule has 0 aromatic carbocycles. The van der Waals surface area contributed by atoms with Crippen molar-refractivity contribution in [1.82, 2.24) is 25.2 Å². The van der Waals surface area contributed by atoms with Gasteiger partial charge in [-0.2, -0.15) is 13.2 Å². The minimum atomic E-state index is -4.74. The van der Waals surface area contributed by atoms with Crippen LogP contribution in [0.4, 0.5) is 18.9 Å². The third-order valence-corrected chi connectivity index (χ3v) is 6.09. The topological polar surface area (TPSA) is 94.2 Å². The van der Waals surface area contributed by atoms with E-state index in [-0.39, 0.29) is 23.0 Å². The van der Waals surface area contributed by atoms with Crippen LogP contribution in [0.2, 0.25) is 0 Å². The van der Waals surface area contributed by atoms with Gasteiger partial charge in [-0.15, -0.1) is 0 Å². The lowest BCUT2D eigenvalue weighted by molar-refractivity contribution is -0.139. The number of carbonyl (C=O) groups is 1. The first kappa shape index (κ1) is 23.7. The average Bonchev–Trinajstić information content (AvgIpc) is 2.77. The van der Waals surface area contributed by atoms with Gasteiger partial charge in [-0.05, 0) is 43.2 Å². The summed E-state index contributed by atoms with van der Waals surface area (Å²) in [5, 5.41) is 2.55. The van der Waals surface area contributed by atoms with Crippen LogP contribution < -0.4 is 15.8 Å². The van der Waals surface area contributed by atoms with E-state index in [1.54, 1.807) is 31.6 Å². The van der Waals surface area contributed by atoms with Crippen molar-refractivity contribution >= 4 is 22.6 Å². The Balaban J connectivity index is 1.47. The lowest BCUT2D eigenvalue weighted by atomic mass is 10.1. The summed E-state index contributed by atoms with van der Waals surface area (Å²) in [5.74, 6) is -0.236. The zero-order chi connectivity index (χ0) is 24.6. The molecule has 4 rings (SSSR count). The monoisotopic (exact) mass is 474 g/mol. The maximum atomic E-state index is 13.2. The van der Waals surface area contributed by atoms with Crippen LogP contribution in [-0.4, -0.2) is 58.5 Å². The smallest absolute Gasteiger partial charge is 0.365 e. The van der Waals surface area contributed by atoms with E-state index in [9.17, 15) is 22.8 Å². The number of pyridine rings is 3. The van der Waals surface area contributed by atoms with Crippen LogP contribution >= 0.6 is 0 Å². The molecule has 1 unspecified atom stereocenters. The first-order chi connectivity index (χ1) is 16.1. The van der Waals surface area contributed by atoms with Gasteiger partial charge in [0.05, 0.1) is 22.9 Å². The van der Waals surface area contributed by atoms with Crippen LogP contribution in [0.3, 0.4) is 0 Å². The molecule has 1 atom stereocenters. The van der Waals surface area contributed by atoms with E-state index >= 15 is 0 Å². The zero-order valence-corrected chi connectivity index (χ0v) is 19.0. The van der Waals surface area contributed by atoms with Crippen molar-refractivity contribution in [1.29, 1.82) is 0 Å². The number of piperazine rings is 1. The highest BCUT2D eigenvalue weighted by Crippen LogP contribution is 2.31. The molecule has 1 saturated heterocycles. The highest BCUT2D eigenvalue weighted by Gasteiger charge is 2.37. The molecule has 1 aliphatic rings. The molecule has 0 spiro atoms. The second kappa shape index (κ2) is 9.05. The Kier molecular flexibility index (Phi) is 6.30. The Morgan fingerprint density at radius 3 is 2.62 bits per heavy atom. The fourth-order valence-corrected chi connectivity index (χ4v) is 4.44. The van der Waals surface area contributed by atoms with E-state index in [2.05, 4.69) is 37.0 Å². The number of halogens is 3. The number of aryl methyl sites for hydroxylation is 1. The van der Waals surface area contributed by atoms with Crippen molar-refractivity contribution < 1.29 is 18.0 Å². The number of H-pyrrole nitrogens is 1. The number of carbonyl (C=O) groups excluding carboxylic acids is 1. The molecular weight excluding hydrogens is 449 g/mol. The number of anilines is 1. The summed E-state index contributed by atoms with van der Waals surface area (Å²) in [5.41, 5.74) is -0.00499. The average molecular weight is 474 g/mol. The lowest BCUT2D eigenvalue weighted by Crippen LogP contribution is -2.51. The van der Waals surface area contributed by atoms with Crippen LogP contribution in [0, 0.1) is 6.92 Å². The number of amides is 1. The summed E-state index contributed by atoms with van der Waals surface area (Å²) in [7, 11) is 1.56. The van der Waals surface area contributed by atoms with Crippen LogP contribution in [0.15, 0.2) is 35.4 Å². The third-order valence-electron chi connectivity index (χ3n) is 6.09. The minimum Gasteiger partial charge on any atom is -0.365 e. The van der Waals surface area contributed by atoms with Gasteiger partial charge in [-0.3, -0.25) is 19.5 Å². The highest BCUT2D eigenvalue weighted by atomic mass is 19.4. The Hall–Kier alpha value is -3.47. The van der Waals surface area contributed by atoms with Crippen molar-refractivity contribution in [3.05, 3.63) is 63.3 Å². The number of hydrogen-bond donors (Lipinski definition) is 2. The Labute approximate surface area is 193 Å². The highest BCUT2D eigenvalue weighted by molar-refractivity contribution is 5.92. The standard InChI is InChI=1S/C23H25F3N6O2/c1-13-11-31(6-7-32(13)16-4-5-17(28-10-16)21(33)27-3)12-15-8-18-20(29-9-15)14(2)19(22(34)30-18)23(24,25)26/h4-5,8-10,13H,6-7,11-12H2,1-3H3,(H,27,33)(H,30,34). The quantitative estimate of drug-likeness (QED) is 0.604. The van der Waals surface area contributed by atoms with Gasteiger partial charge in [0.15, 0.2) is 0 Å². The van der Waals surface area contributed by atoms with Gasteiger partial charge in [0.1, 0.15) is 11.3 Å². The summed E-state index contributed by atoms with van der Waals surface area (Å²) >= 11 is 0. The number of hydrogen-bond acceptors (Lipinski definition) is 6. The van der Waals surface area contributed by atoms with Crippen molar-refractivity contribution in [2.24, 2.45) is 0 Å². The molecule has 3 aromatic rings. The second-order valence-corrected chi connectivity index (χ2v) is 8.45. The van der Waals surface area contributed by atoms with E-state index in [1.807, 2.05) is 6.07 Å². The molecule has 2 N–H and O–H groups in total. The lowest BCUT2D eigenvalue weighted by Gasteiger charge is -2.41. The zero-order valence-electron chi connectivity index (χ0n) is 19.0. The minimum absolute atomic E-state index is 0.140. The summed E-state index contributed by atoms with van der Waals surface area (Å²) in [6.07, 6.45) is -1.48. The number of nitrogens with zero attached hydrogens (tertiary/aromatic N) is 4. The summed E-state index contributed by atoms with van der Waals surface area (Å²) in [4.78, 5) is 39.0. The van der Waals surface area contributed by atoms with Gasteiger partial charge in [-0.25, -0.2) is 4.98 Å². The molecule has 0 saturated carbocycles. The summed E-state index contributed by atoms with van der Waals surface area (Å²) < 4.78 is 39.6. The van der Waals surface area contributed by atoms with Crippen LogP contribution in [0.1, 0.15) is 34.1 Å². The molecule has 0 bridgehead atoms. The number of nitrogens with one attached hydrogen (secondary N) is 2. The SMILES string of the molecule is CNC(=O)c1ccc(N2CCN(Cc3cnc4c(C)c(C(F)(F)F)c(=O)[nH]c4c3)CC2C)cn1. The first-order valence-electron chi connectivity index (χ1n) is 10.8. The molecule has 1 fully saturated rings. The number of rotatable bonds is 4. The molecule has 1 amide bonds. The van der Waals surface area contributed by atoms with Crippen molar-refractivity contribution in [3.8, 4) is 0 Å². The number of alkyl halides is 3. The first-order valence-corrected chi connectivity index (χ1v) is 10.8. The molecule has 1 aliphatic heterocycles. The molecule has 180 valence electrons. The molecule has 0 radical (unpaired) electrons. The molecule has 11 heteroatoms. The Morgan fingerprint density at radius 1 is 1.24 bits per heavy atom. The molecule has 0 aliphatic carbocycles. The maximum absolute atomic E-state index is 13.2. The van der Waals surface area contributed by atoms with Crippen LogP contribution in [0.25, 0.3) is 11.0 Å². The Bertz CT molecular complexity index is 1270. The van der Waals surface area contributed by atoms with Crippen molar-refractivity contribution in [2.75, 3.05) is 31.6 Å². The van der Waals surface area contributed by atoms with Gasteiger partial charge in [0, 0.05) is 45.5 Å². The third kappa shape index (κ3) is 4.60. The summed E-state index contributed by atoms with van der Waals surface area (Å²) in [6, 6.07) is 5.44. The number of fused-ring (bicyclic) bond motifs is 1. The molecule has 8 nitrogen and oxygen atoms in total. The number of aromatic amines is 1. The van der Waals surface area contributed by atoms with Crippen molar-refractivity contribution in [2.45, 2.75) is 32.6 Å². The number of aromatic nitrogens is 3. The van der Waals surface area contributed by atoms with Gasteiger partial charge < -0.3 is 15.2 Å². The van der Waals surface area contributed by atoms with E-state index in [1.165, 1.54) is 6.92 Å². The molecular formula is C23H25F3N6O2. The predicted octanol–water partition coefficient (Wildman–Crippen LogP) is 2.72. The van der Waals surface area contributed by atoms with Crippen LogP contribution in [0.5, 0.6) is 0 Å². The maximum Gasteiger partial charge on any atom is 0.422 e. The second-order valence-electron chi connectivity index (χ2n) is 8.45. The fourth-order valence-electron chi connectivity index (χ4n) is 4.44. The molecule has 34 heavy (non-hydrogen) atoms. The van der Waals surface area contributed by atoms with Gasteiger partial charge >= 0.3 is 6.18 Å². The van der Waals surface area contributed by atoms with E-state index < -0.39 is 17.3 Å². The van der Waals surface area contributed by atoms with Crippen molar-refractivity contribution in [3.63, 3.8) is 0 Å². The van der Waals surface area contributed by atoms with Crippen LogP contribution in [-0.2, 0) is 12.7 Å². The Morgan fingerprint density at radius 2 is 2.00 bits per heavy atom. The van der Waals surface area contributed by atoms with E-state index in [0.29, 0.717) is 17.8 Å². The fraction of sp³-hybridized carbons (Fsp3) is 0.391. The van der Waals surface area contributed by atoms with Gasteiger partial charge in [0.2, 0.25) is 0 Å². The van der Waals surface area contributed by atoms with E-state index in [4.69, 9.17) is 0 Å². The molecule has 4 heterocycles. The van der Waals surface area contributed by atoms with Gasteiger partial charge in [-0.1, -0.05) is 0 Å². The largest absolute Gasteiger partial charge is 0.422 e. The molecule has 3 aromatic heterocycles. The van der Waals surface area contributed by atoms with Gasteiger partial charge in [0.25, 0.3) is 11.5 Å². The summed E-state index contributed by atoms with van der Waals surface area (Å²) in [6.45, 7) is 6.16.